The number of aromatic hydroxyl groups is 1. The number of fused-ring (bicyclic) bond motifs is 3. The molecule has 1 aromatic rings. The first kappa shape index (κ1) is 17.8. The summed E-state index contributed by atoms with van der Waals surface area (Å²) >= 11 is 0. The standard InChI is InChI=1S/C21H28O4/c1-4-5-6-7-13-10-17(22)19-15-12-14(20(23)24)8-9-16(15)21(2,3)25-18(19)11-13/h10-12,15-16,22H,4-9H2,1-3H3,(H,23,24)/t15-,16-/m1/s1/i1+1. The molecule has 1 aliphatic carbocycles. The van der Waals surface area contributed by atoms with Crippen LogP contribution in [0.15, 0.2) is 23.8 Å². The molecule has 2 N–H and O–H groups in total. The van der Waals surface area contributed by atoms with Gasteiger partial charge < -0.3 is 14.9 Å². The molecule has 0 saturated carbocycles. The van der Waals surface area contributed by atoms with Crippen molar-refractivity contribution in [2.24, 2.45) is 5.92 Å². The lowest BCUT2D eigenvalue weighted by molar-refractivity contribution is -0.133. The van der Waals surface area contributed by atoms with Crippen molar-refractivity contribution >= 4 is 5.97 Å². The average Bonchev–Trinajstić information content (AvgIpc) is 2.53. The van der Waals surface area contributed by atoms with Crippen molar-refractivity contribution in [3.63, 3.8) is 0 Å². The van der Waals surface area contributed by atoms with Gasteiger partial charge >= 0.3 is 5.97 Å². The summed E-state index contributed by atoms with van der Waals surface area (Å²) in [5, 5.41) is 20.0. The third-order valence-corrected chi connectivity index (χ3v) is 5.66. The first-order valence-electron chi connectivity index (χ1n) is 9.32. The number of hydrogen-bond donors (Lipinski definition) is 2. The Morgan fingerprint density at radius 3 is 2.76 bits per heavy atom. The second-order valence-electron chi connectivity index (χ2n) is 7.86. The van der Waals surface area contributed by atoms with Gasteiger partial charge in [0, 0.05) is 23.0 Å². The normalized spacial score (nSPS) is 23.9. The molecular formula is C21H28O4. The maximum Gasteiger partial charge on any atom is 0.331 e. The fourth-order valence-electron chi connectivity index (χ4n) is 4.32. The fraction of sp³-hybridized carbons (Fsp3) is 0.571. The van der Waals surface area contributed by atoms with Crippen molar-refractivity contribution in [3.8, 4) is 11.5 Å². The number of rotatable bonds is 5. The van der Waals surface area contributed by atoms with Gasteiger partial charge in [-0.25, -0.2) is 4.79 Å². The monoisotopic (exact) mass is 345 g/mol. The van der Waals surface area contributed by atoms with Crippen molar-refractivity contribution in [3.05, 3.63) is 34.9 Å². The highest BCUT2D eigenvalue weighted by atomic mass is 16.5. The maximum absolute atomic E-state index is 11.4. The van der Waals surface area contributed by atoms with Gasteiger partial charge in [-0.15, -0.1) is 0 Å². The van der Waals surface area contributed by atoms with Crippen LogP contribution in [0.4, 0.5) is 0 Å². The number of carboxylic acid groups (broad SMARTS) is 1. The Bertz CT molecular complexity index is 702. The van der Waals surface area contributed by atoms with Crippen LogP contribution < -0.4 is 4.74 Å². The number of aryl methyl sites for hydroxylation is 1. The van der Waals surface area contributed by atoms with Gasteiger partial charge in [-0.3, -0.25) is 0 Å². The number of carboxylic acids is 1. The molecule has 0 saturated heterocycles. The lowest BCUT2D eigenvalue weighted by Gasteiger charge is -2.46. The summed E-state index contributed by atoms with van der Waals surface area (Å²) in [6, 6.07) is 3.86. The van der Waals surface area contributed by atoms with E-state index in [2.05, 4.69) is 20.8 Å². The minimum Gasteiger partial charge on any atom is -0.507 e. The van der Waals surface area contributed by atoms with Crippen molar-refractivity contribution in [1.29, 1.82) is 0 Å². The molecule has 25 heavy (non-hydrogen) atoms. The van der Waals surface area contributed by atoms with E-state index in [1.807, 2.05) is 18.2 Å². The quantitative estimate of drug-likeness (QED) is 0.594. The lowest BCUT2D eigenvalue weighted by atomic mass is 9.67. The Morgan fingerprint density at radius 2 is 2.08 bits per heavy atom. The molecule has 136 valence electrons. The highest BCUT2D eigenvalue weighted by Gasteiger charge is 2.46. The Hall–Kier alpha value is -1.97. The molecule has 2 aliphatic rings. The van der Waals surface area contributed by atoms with E-state index in [9.17, 15) is 15.0 Å². The number of benzene rings is 1. The van der Waals surface area contributed by atoms with E-state index < -0.39 is 5.97 Å². The third kappa shape index (κ3) is 3.39. The second kappa shape index (κ2) is 6.74. The fourth-order valence-corrected chi connectivity index (χ4v) is 4.32. The van der Waals surface area contributed by atoms with Crippen LogP contribution in [-0.2, 0) is 11.2 Å². The molecule has 1 aromatic carbocycles. The zero-order chi connectivity index (χ0) is 18.2. The van der Waals surface area contributed by atoms with Crippen LogP contribution in [0.1, 0.15) is 69.9 Å². The van der Waals surface area contributed by atoms with Crippen molar-refractivity contribution < 1.29 is 19.7 Å². The van der Waals surface area contributed by atoms with Crippen LogP contribution >= 0.6 is 0 Å². The highest BCUT2D eigenvalue weighted by molar-refractivity contribution is 5.87. The van der Waals surface area contributed by atoms with Crippen LogP contribution in [-0.4, -0.2) is 21.8 Å². The van der Waals surface area contributed by atoms with E-state index in [4.69, 9.17) is 4.74 Å². The van der Waals surface area contributed by atoms with Gasteiger partial charge in [0.05, 0.1) is 0 Å². The summed E-state index contributed by atoms with van der Waals surface area (Å²) < 4.78 is 6.28. The molecule has 0 fully saturated rings. The summed E-state index contributed by atoms with van der Waals surface area (Å²) in [5.74, 6) is 0.140. The Morgan fingerprint density at radius 1 is 1.32 bits per heavy atom. The highest BCUT2D eigenvalue weighted by Crippen LogP contribution is 2.53. The van der Waals surface area contributed by atoms with Gasteiger partial charge in [-0.1, -0.05) is 25.8 Å². The molecule has 0 amide bonds. The van der Waals surface area contributed by atoms with Gasteiger partial charge in [-0.2, -0.15) is 0 Å². The van der Waals surface area contributed by atoms with Crippen LogP contribution in [0.2, 0.25) is 0 Å². The lowest BCUT2D eigenvalue weighted by Crippen LogP contribution is -2.45. The van der Waals surface area contributed by atoms with Gasteiger partial charge in [0.15, 0.2) is 0 Å². The van der Waals surface area contributed by atoms with Crippen LogP contribution in [0.5, 0.6) is 11.5 Å². The Balaban J connectivity index is 2.02. The van der Waals surface area contributed by atoms with E-state index >= 15 is 0 Å². The average molecular weight is 345 g/mol. The van der Waals surface area contributed by atoms with Crippen molar-refractivity contribution in [1.82, 2.24) is 0 Å². The zero-order valence-electron chi connectivity index (χ0n) is 15.3. The van der Waals surface area contributed by atoms with E-state index in [0.717, 1.165) is 36.8 Å². The molecule has 0 aromatic heterocycles. The Kier molecular flexibility index (Phi) is 4.81. The third-order valence-electron chi connectivity index (χ3n) is 5.66. The number of hydrogen-bond acceptors (Lipinski definition) is 3. The molecule has 2 atom stereocenters. The van der Waals surface area contributed by atoms with E-state index in [0.29, 0.717) is 17.7 Å². The van der Waals surface area contributed by atoms with Gasteiger partial charge in [0.2, 0.25) is 0 Å². The van der Waals surface area contributed by atoms with Gasteiger partial charge in [0.25, 0.3) is 0 Å². The number of carbonyl (C=O) groups is 1. The summed E-state index contributed by atoms with van der Waals surface area (Å²) in [6.45, 7) is 6.30. The summed E-state index contributed by atoms with van der Waals surface area (Å²) in [5.41, 5.74) is 1.89. The minimum absolute atomic E-state index is 0.108. The molecule has 0 spiro atoms. The predicted molar refractivity (Wildman–Crippen MR) is 97.2 cm³/mol. The summed E-state index contributed by atoms with van der Waals surface area (Å²) in [7, 11) is 0. The molecule has 4 nitrogen and oxygen atoms in total. The summed E-state index contributed by atoms with van der Waals surface area (Å²) in [4.78, 5) is 11.4. The molecule has 3 rings (SSSR count). The second-order valence-corrected chi connectivity index (χ2v) is 7.86. The van der Waals surface area contributed by atoms with E-state index in [-0.39, 0.29) is 23.2 Å². The van der Waals surface area contributed by atoms with E-state index in [1.165, 1.54) is 6.42 Å². The van der Waals surface area contributed by atoms with Crippen molar-refractivity contribution in [2.75, 3.05) is 0 Å². The zero-order valence-corrected chi connectivity index (χ0v) is 15.3. The number of unbranched alkanes of at least 4 members (excludes halogenated alkanes) is 2. The molecule has 1 heterocycles. The van der Waals surface area contributed by atoms with E-state index in [1.54, 1.807) is 0 Å². The molecule has 4 heteroatoms. The molecule has 1 aliphatic heterocycles. The SMILES string of the molecule is CC1(C)Oc2cc(CCCC[13CH3])cc(O)c2[C@@H]2C=C(C(=O)O)CC[C@H]21. The Labute approximate surface area is 149 Å². The smallest absolute Gasteiger partial charge is 0.331 e. The number of phenols is 1. The van der Waals surface area contributed by atoms with Crippen LogP contribution in [0, 0.1) is 5.92 Å². The maximum atomic E-state index is 11.4. The number of allylic oxidation sites excluding steroid dienone is 1. The molecule has 0 unspecified atom stereocenters. The topological polar surface area (TPSA) is 66.8 Å². The van der Waals surface area contributed by atoms with Gasteiger partial charge in [0.1, 0.15) is 17.1 Å². The number of aliphatic carboxylic acids is 1. The van der Waals surface area contributed by atoms with Crippen LogP contribution in [0.3, 0.4) is 0 Å². The van der Waals surface area contributed by atoms with Crippen molar-refractivity contribution in [2.45, 2.75) is 70.8 Å². The largest absolute Gasteiger partial charge is 0.507 e. The molecular weight excluding hydrogens is 317 g/mol. The first-order chi connectivity index (χ1) is 11.8. The number of phenolic OH excluding ortho intramolecular Hbond substituents is 1. The minimum atomic E-state index is -0.861. The summed E-state index contributed by atoms with van der Waals surface area (Å²) in [6.07, 6.45) is 7.47. The molecule has 0 radical (unpaired) electrons. The number of ether oxygens (including phenoxy) is 1. The van der Waals surface area contributed by atoms with Gasteiger partial charge in [-0.05, 0) is 57.2 Å². The first-order valence-corrected chi connectivity index (χ1v) is 9.32. The molecule has 0 bridgehead atoms. The predicted octanol–water partition coefficient (Wildman–Crippen LogP) is 4.80. The van der Waals surface area contributed by atoms with Crippen LogP contribution in [0.25, 0.3) is 0 Å².